The fourth-order valence-electron chi connectivity index (χ4n) is 5.05. The van der Waals surface area contributed by atoms with E-state index in [1.807, 2.05) is 12.1 Å². The number of anilines is 1. The van der Waals surface area contributed by atoms with Gasteiger partial charge in [0.25, 0.3) is 0 Å². The van der Waals surface area contributed by atoms with Crippen LogP contribution in [-0.2, 0) is 11.3 Å². The van der Waals surface area contributed by atoms with Crippen LogP contribution in [0.3, 0.4) is 0 Å². The number of ether oxygens (including phenoxy) is 2. The van der Waals surface area contributed by atoms with Crippen molar-refractivity contribution in [3.63, 3.8) is 0 Å². The molecule has 35 heavy (non-hydrogen) atoms. The number of hydrogen-bond acceptors (Lipinski definition) is 7. The van der Waals surface area contributed by atoms with Crippen LogP contribution >= 0.6 is 11.6 Å². The summed E-state index contributed by atoms with van der Waals surface area (Å²) in [6.07, 6.45) is 6.19. The minimum atomic E-state index is -0.374. The summed E-state index contributed by atoms with van der Waals surface area (Å²) >= 11 is 5.83. The highest BCUT2D eigenvalue weighted by Gasteiger charge is 2.36. The largest absolute Gasteiger partial charge is 0.473 e. The fourth-order valence-corrected chi connectivity index (χ4v) is 5.21. The van der Waals surface area contributed by atoms with Crippen LogP contribution in [0.2, 0.25) is 5.02 Å². The molecule has 0 saturated carbocycles. The van der Waals surface area contributed by atoms with Crippen LogP contribution in [0.25, 0.3) is 0 Å². The number of nitrogens with zero attached hydrogens (tertiary/aromatic N) is 5. The summed E-state index contributed by atoms with van der Waals surface area (Å²) in [5.74, 6) is 0.996. The molecule has 3 atom stereocenters. The second-order valence-electron chi connectivity index (χ2n) is 9.48. The average molecular weight is 502 g/mol. The lowest BCUT2D eigenvalue weighted by Crippen LogP contribution is -2.58. The highest BCUT2D eigenvalue weighted by atomic mass is 35.5. The van der Waals surface area contributed by atoms with E-state index in [2.05, 4.69) is 51.0 Å². The summed E-state index contributed by atoms with van der Waals surface area (Å²) in [5.41, 5.74) is 0.452. The molecule has 0 N–H and O–H groups in total. The molecule has 9 heteroatoms. The van der Waals surface area contributed by atoms with E-state index in [0.717, 1.165) is 51.6 Å². The van der Waals surface area contributed by atoms with Crippen molar-refractivity contribution in [2.75, 3.05) is 51.3 Å². The zero-order valence-corrected chi connectivity index (χ0v) is 21.1. The van der Waals surface area contributed by atoms with Gasteiger partial charge in [0.05, 0.1) is 6.10 Å². The molecule has 2 aromatic rings. The van der Waals surface area contributed by atoms with Gasteiger partial charge in [0.2, 0.25) is 5.88 Å². The van der Waals surface area contributed by atoms with Gasteiger partial charge in [0.1, 0.15) is 24.4 Å². The lowest BCUT2D eigenvalue weighted by molar-refractivity contribution is -0.0739. The van der Waals surface area contributed by atoms with Crippen molar-refractivity contribution in [3.8, 4) is 5.88 Å². The van der Waals surface area contributed by atoms with E-state index >= 15 is 0 Å². The molecule has 5 rings (SSSR count). The highest BCUT2D eigenvalue weighted by molar-refractivity contribution is 6.30. The van der Waals surface area contributed by atoms with Crippen molar-refractivity contribution in [2.24, 2.45) is 0 Å². The molecule has 4 heterocycles. The number of hydrogen-bond donors (Lipinski definition) is 0. The van der Waals surface area contributed by atoms with E-state index in [-0.39, 0.29) is 12.4 Å². The summed E-state index contributed by atoms with van der Waals surface area (Å²) < 4.78 is 25.5. The first-order valence-corrected chi connectivity index (χ1v) is 12.7. The second kappa shape index (κ2) is 10.6. The van der Waals surface area contributed by atoms with Gasteiger partial charge in [0.15, 0.2) is 0 Å². The zero-order chi connectivity index (χ0) is 24.4. The van der Waals surface area contributed by atoms with E-state index in [0.29, 0.717) is 34.8 Å². The summed E-state index contributed by atoms with van der Waals surface area (Å²) in [7, 11) is 2.15. The molecule has 188 valence electrons. The molecular weight excluding hydrogens is 469 g/mol. The van der Waals surface area contributed by atoms with E-state index in [1.165, 1.54) is 6.07 Å². The summed E-state index contributed by atoms with van der Waals surface area (Å²) in [4.78, 5) is 14.3. The SMILES string of the molecule is CC(C1N(C)C=CN1C[C@@H]1CCO1)N1CCN(c2cccc(OCc3ccc(Cl)cc3F)n2)CC1. The molecule has 2 fully saturated rings. The first-order valence-electron chi connectivity index (χ1n) is 12.3. The number of benzene rings is 1. The third-order valence-corrected chi connectivity index (χ3v) is 7.44. The average Bonchev–Trinajstić information content (AvgIpc) is 3.20. The van der Waals surface area contributed by atoms with Gasteiger partial charge in [-0.25, -0.2) is 4.39 Å². The molecular formula is C26H33ClFN5O2. The summed E-state index contributed by atoms with van der Waals surface area (Å²) in [6.45, 7) is 7.97. The van der Waals surface area contributed by atoms with Crippen LogP contribution in [0.15, 0.2) is 48.8 Å². The van der Waals surface area contributed by atoms with Crippen LogP contribution in [0.5, 0.6) is 5.88 Å². The van der Waals surface area contributed by atoms with Gasteiger partial charge < -0.3 is 24.2 Å². The first-order chi connectivity index (χ1) is 17.0. The zero-order valence-electron chi connectivity index (χ0n) is 20.3. The van der Waals surface area contributed by atoms with Crippen molar-refractivity contribution in [2.45, 2.75) is 38.3 Å². The molecule has 7 nitrogen and oxygen atoms in total. The number of pyridine rings is 1. The number of halogens is 2. The van der Waals surface area contributed by atoms with Crippen molar-refractivity contribution in [1.29, 1.82) is 0 Å². The van der Waals surface area contributed by atoms with Gasteiger partial charge in [0, 0.05) is 81.5 Å². The van der Waals surface area contributed by atoms with Crippen LogP contribution in [0.4, 0.5) is 10.2 Å². The molecule has 3 aliphatic rings. The molecule has 0 spiro atoms. The Morgan fingerprint density at radius 2 is 1.97 bits per heavy atom. The van der Waals surface area contributed by atoms with Crippen molar-refractivity contribution in [3.05, 3.63) is 65.2 Å². The van der Waals surface area contributed by atoms with Gasteiger partial charge in [-0.2, -0.15) is 4.98 Å². The van der Waals surface area contributed by atoms with E-state index < -0.39 is 0 Å². The number of likely N-dealkylation sites (N-methyl/N-ethyl adjacent to an activating group) is 1. The molecule has 1 aromatic carbocycles. The van der Waals surface area contributed by atoms with E-state index in [9.17, 15) is 4.39 Å². The molecule has 2 saturated heterocycles. The Balaban J connectivity index is 1.15. The Bertz CT molecular complexity index is 1040. The van der Waals surface area contributed by atoms with Crippen molar-refractivity contribution < 1.29 is 13.9 Å². The van der Waals surface area contributed by atoms with Crippen LogP contribution < -0.4 is 9.64 Å². The van der Waals surface area contributed by atoms with Crippen molar-refractivity contribution >= 4 is 17.4 Å². The molecule has 1 aromatic heterocycles. The smallest absolute Gasteiger partial charge is 0.215 e. The number of aromatic nitrogens is 1. The molecule has 0 amide bonds. The lowest BCUT2D eigenvalue weighted by atomic mass is 10.1. The Kier molecular flexibility index (Phi) is 7.32. The minimum Gasteiger partial charge on any atom is -0.473 e. The van der Waals surface area contributed by atoms with Gasteiger partial charge in [-0.1, -0.05) is 23.7 Å². The maximum absolute atomic E-state index is 14.1. The first kappa shape index (κ1) is 24.2. The number of piperazine rings is 1. The normalized spacial score (nSPS) is 23.5. The van der Waals surface area contributed by atoms with Gasteiger partial charge in [-0.15, -0.1) is 0 Å². The van der Waals surface area contributed by atoms with E-state index in [1.54, 1.807) is 18.2 Å². The number of rotatable bonds is 8. The quantitative estimate of drug-likeness (QED) is 0.545. The second-order valence-corrected chi connectivity index (χ2v) is 9.91. The monoisotopic (exact) mass is 501 g/mol. The van der Waals surface area contributed by atoms with Gasteiger partial charge in [-0.3, -0.25) is 4.90 Å². The third kappa shape index (κ3) is 5.50. The Morgan fingerprint density at radius 3 is 2.69 bits per heavy atom. The maximum Gasteiger partial charge on any atom is 0.215 e. The van der Waals surface area contributed by atoms with Gasteiger partial charge in [-0.05, 0) is 31.5 Å². The third-order valence-electron chi connectivity index (χ3n) is 7.20. The highest BCUT2D eigenvalue weighted by Crippen LogP contribution is 2.26. The maximum atomic E-state index is 14.1. The summed E-state index contributed by atoms with van der Waals surface area (Å²) in [5, 5.41) is 0.371. The molecule has 0 bridgehead atoms. The Hall–Kier alpha value is -2.55. The summed E-state index contributed by atoms with van der Waals surface area (Å²) in [6, 6.07) is 10.7. The van der Waals surface area contributed by atoms with E-state index in [4.69, 9.17) is 21.1 Å². The molecule has 0 aliphatic carbocycles. The lowest BCUT2D eigenvalue weighted by Gasteiger charge is -2.45. The van der Waals surface area contributed by atoms with Crippen molar-refractivity contribution in [1.82, 2.24) is 19.7 Å². The predicted molar refractivity (Wildman–Crippen MR) is 135 cm³/mol. The van der Waals surface area contributed by atoms with Crippen LogP contribution in [-0.4, -0.2) is 84.4 Å². The Morgan fingerprint density at radius 1 is 1.17 bits per heavy atom. The fraction of sp³-hybridized carbons (Fsp3) is 0.500. The standard InChI is InChI=1S/C26H33ClFN5O2/c1-19(26-30(2)9-10-33(26)17-22-8-15-34-22)31-11-13-32(14-12-31)24-4-3-5-25(29-24)35-18-20-6-7-21(27)16-23(20)28/h3-7,9-10,16,19,22,26H,8,11-15,17-18H2,1-2H3/t19?,22-,26?/m0/s1. The van der Waals surface area contributed by atoms with Gasteiger partial charge >= 0.3 is 0 Å². The molecule has 0 radical (unpaired) electrons. The topological polar surface area (TPSA) is 44.3 Å². The van der Waals surface area contributed by atoms with Crippen LogP contribution in [0, 0.1) is 5.82 Å². The Labute approximate surface area is 211 Å². The molecule has 2 unspecified atom stereocenters. The minimum absolute atomic E-state index is 0.107. The molecule has 3 aliphatic heterocycles. The predicted octanol–water partition coefficient (Wildman–Crippen LogP) is 3.80. The van der Waals surface area contributed by atoms with Crippen LogP contribution in [0.1, 0.15) is 18.9 Å².